The number of H-pyrrole nitrogens is 1. The van der Waals surface area contributed by atoms with Crippen molar-refractivity contribution < 1.29 is 9.47 Å². The van der Waals surface area contributed by atoms with Crippen LogP contribution in [0.5, 0.6) is 11.5 Å². The summed E-state index contributed by atoms with van der Waals surface area (Å²) in [6.07, 6.45) is 5.02. The molecule has 1 aromatic carbocycles. The van der Waals surface area contributed by atoms with Crippen LogP contribution >= 0.6 is 11.8 Å². The highest BCUT2D eigenvalue weighted by atomic mass is 32.2. The standard InChI is InChI=1S/C18H17N3O3S/c1-4-8-23-12-6-7-13(15(10-12)24-9-5-2)16-14(11-19)17(22)21-18(20-16)25-3/h4-7,10H,1-2,8-9H2,3H3,(H,20,21,22). The SMILES string of the molecule is C=CCOc1ccc(-c2nc(SC)[nH]c(=O)c2C#N)c(OCC=C)c1. The zero-order valence-corrected chi connectivity index (χ0v) is 14.6. The molecule has 1 aromatic heterocycles. The van der Waals surface area contributed by atoms with Gasteiger partial charge in [0.25, 0.3) is 5.56 Å². The minimum Gasteiger partial charge on any atom is -0.489 e. The van der Waals surface area contributed by atoms with Crippen molar-refractivity contribution in [1.82, 2.24) is 9.97 Å². The number of nitrogens with zero attached hydrogens (tertiary/aromatic N) is 2. The van der Waals surface area contributed by atoms with Crippen LogP contribution < -0.4 is 15.0 Å². The molecule has 1 N–H and O–H groups in total. The summed E-state index contributed by atoms with van der Waals surface area (Å²) in [4.78, 5) is 19.1. The van der Waals surface area contributed by atoms with Crippen LogP contribution in [0, 0.1) is 11.3 Å². The van der Waals surface area contributed by atoms with Crippen LogP contribution in [0.3, 0.4) is 0 Å². The molecule has 0 aliphatic carbocycles. The van der Waals surface area contributed by atoms with Crippen molar-refractivity contribution in [2.75, 3.05) is 19.5 Å². The van der Waals surface area contributed by atoms with Crippen LogP contribution in [0.1, 0.15) is 5.56 Å². The minimum absolute atomic E-state index is 0.0685. The lowest BCUT2D eigenvalue weighted by atomic mass is 10.1. The van der Waals surface area contributed by atoms with Crippen molar-refractivity contribution in [3.05, 3.63) is 59.4 Å². The highest BCUT2D eigenvalue weighted by molar-refractivity contribution is 7.98. The van der Waals surface area contributed by atoms with Gasteiger partial charge < -0.3 is 14.5 Å². The summed E-state index contributed by atoms with van der Waals surface area (Å²) in [5, 5.41) is 9.77. The molecule has 7 heteroatoms. The second kappa shape index (κ2) is 8.76. The fraction of sp³-hybridized carbons (Fsp3) is 0.167. The van der Waals surface area contributed by atoms with Crippen molar-refractivity contribution in [1.29, 1.82) is 5.26 Å². The number of hydrogen-bond donors (Lipinski definition) is 1. The molecule has 0 aliphatic heterocycles. The van der Waals surface area contributed by atoms with Crippen molar-refractivity contribution in [2.45, 2.75) is 5.16 Å². The Morgan fingerprint density at radius 1 is 1.32 bits per heavy atom. The van der Waals surface area contributed by atoms with Crippen LogP contribution in [0.25, 0.3) is 11.3 Å². The summed E-state index contributed by atoms with van der Waals surface area (Å²) in [5.41, 5.74) is 0.246. The minimum atomic E-state index is -0.487. The van der Waals surface area contributed by atoms with Gasteiger partial charge in [0.05, 0.1) is 0 Å². The fourth-order valence-electron chi connectivity index (χ4n) is 2.06. The van der Waals surface area contributed by atoms with E-state index in [9.17, 15) is 10.1 Å². The molecule has 0 amide bonds. The molecule has 0 fully saturated rings. The van der Waals surface area contributed by atoms with E-state index in [4.69, 9.17) is 9.47 Å². The Bertz CT molecular complexity index is 884. The first kappa shape index (κ1) is 18.4. The first-order valence-electron chi connectivity index (χ1n) is 7.34. The molecule has 0 saturated heterocycles. The Morgan fingerprint density at radius 2 is 2.04 bits per heavy atom. The van der Waals surface area contributed by atoms with Crippen LogP contribution in [-0.2, 0) is 0 Å². The molecule has 0 aliphatic rings. The summed E-state index contributed by atoms with van der Waals surface area (Å²) >= 11 is 1.28. The Morgan fingerprint density at radius 3 is 2.68 bits per heavy atom. The number of nitriles is 1. The third kappa shape index (κ3) is 4.31. The molecule has 0 saturated carbocycles. The molecule has 2 rings (SSSR count). The van der Waals surface area contributed by atoms with Crippen molar-refractivity contribution >= 4 is 11.8 Å². The Labute approximate surface area is 149 Å². The summed E-state index contributed by atoms with van der Waals surface area (Å²) in [7, 11) is 0. The average Bonchev–Trinajstić information content (AvgIpc) is 2.64. The van der Waals surface area contributed by atoms with E-state index in [-0.39, 0.29) is 17.9 Å². The van der Waals surface area contributed by atoms with Crippen LogP contribution in [-0.4, -0.2) is 29.4 Å². The quantitative estimate of drug-likeness (QED) is 0.444. The van der Waals surface area contributed by atoms with E-state index in [2.05, 4.69) is 23.1 Å². The van der Waals surface area contributed by atoms with Gasteiger partial charge in [-0.2, -0.15) is 5.26 Å². The lowest BCUT2D eigenvalue weighted by Crippen LogP contribution is -2.15. The molecule has 6 nitrogen and oxygen atoms in total. The van der Waals surface area contributed by atoms with Gasteiger partial charge in [0.2, 0.25) is 0 Å². The Balaban J connectivity index is 2.62. The second-order valence-corrected chi connectivity index (χ2v) is 5.56. The number of ether oxygens (including phenoxy) is 2. The van der Waals surface area contributed by atoms with Gasteiger partial charge in [-0.3, -0.25) is 4.79 Å². The van der Waals surface area contributed by atoms with E-state index in [1.165, 1.54) is 11.8 Å². The predicted octanol–water partition coefficient (Wildman–Crippen LogP) is 3.16. The van der Waals surface area contributed by atoms with Crippen molar-refractivity contribution in [2.24, 2.45) is 0 Å². The number of nitrogens with one attached hydrogen (secondary N) is 1. The van der Waals surface area contributed by atoms with Gasteiger partial charge in [-0.05, 0) is 18.4 Å². The fourth-order valence-corrected chi connectivity index (χ4v) is 2.44. The topological polar surface area (TPSA) is 88.0 Å². The number of thioether (sulfide) groups is 1. The summed E-state index contributed by atoms with van der Waals surface area (Å²) in [6, 6.07) is 7.03. The summed E-state index contributed by atoms with van der Waals surface area (Å²) in [6.45, 7) is 7.85. The highest BCUT2D eigenvalue weighted by Gasteiger charge is 2.18. The normalized spacial score (nSPS) is 9.92. The highest BCUT2D eigenvalue weighted by Crippen LogP contribution is 2.34. The van der Waals surface area contributed by atoms with Crippen LogP contribution in [0.4, 0.5) is 0 Å². The molecule has 25 heavy (non-hydrogen) atoms. The molecule has 0 spiro atoms. The van der Waals surface area contributed by atoms with Gasteiger partial charge >= 0.3 is 0 Å². The third-order valence-electron chi connectivity index (χ3n) is 3.14. The smallest absolute Gasteiger partial charge is 0.270 e. The molecule has 0 unspecified atom stereocenters. The first-order valence-corrected chi connectivity index (χ1v) is 8.57. The lowest BCUT2D eigenvalue weighted by Gasteiger charge is -2.13. The second-order valence-electron chi connectivity index (χ2n) is 4.77. The third-order valence-corrected chi connectivity index (χ3v) is 3.72. The van der Waals surface area contributed by atoms with E-state index in [1.807, 2.05) is 6.07 Å². The van der Waals surface area contributed by atoms with Crippen LogP contribution in [0.2, 0.25) is 0 Å². The molecule has 2 aromatic rings. The molecule has 0 atom stereocenters. The number of aromatic nitrogens is 2. The maximum absolute atomic E-state index is 12.1. The molecule has 128 valence electrons. The monoisotopic (exact) mass is 355 g/mol. The number of aromatic amines is 1. The molecular formula is C18H17N3O3S. The molecular weight excluding hydrogens is 338 g/mol. The zero-order valence-electron chi connectivity index (χ0n) is 13.7. The van der Waals surface area contributed by atoms with Crippen molar-refractivity contribution in [3.8, 4) is 28.8 Å². The Hall–Kier alpha value is -2.98. The van der Waals surface area contributed by atoms with Crippen LogP contribution in [0.15, 0.2) is 53.5 Å². The predicted molar refractivity (Wildman–Crippen MR) is 98.2 cm³/mol. The first-order chi connectivity index (χ1) is 12.1. The van der Waals surface area contributed by atoms with E-state index >= 15 is 0 Å². The zero-order chi connectivity index (χ0) is 18.2. The van der Waals surface area contributed by atoms with E-state index in [0.717, 1.165) is 0 Å². The van der Waals surface area contributed by atoms with Gasteiger partial charge in [-0.1, -0.05) is 37.1 Å². The maximum atomic E-state index is 12.1. The van der Waals surface area contributed by atoms with Gasteiger partial charge in [-0.15, -0.1) is 0 Å². The van der Waals surface area contributed by atoms with Gasteiger partial charge in [0.1, 0.15) is 42.0 Å². The van der Waals surface area contributed by atoms with Gasteiger partial charge in [-0.25, -0.2) is 4.98 Å². The molecule has 0 bridgehead atoms. The number of benzene rings is 1. The summed E-state index contributed by atoms with van der Waals surface area (Å²) in [5.74, 6) is 1.03. The largest absolute Gasteiger partial charge is 0.489 e. The molecule has 0 radical (unpaired) electrons. The summed E-state index contributed by atoms with van der Waals surface area (Å²) < 4.78 is 11.2. The van der Waals surface area contributed by atoms with E-state index in [1.54, 1.807) is 36.6 Å². The Kier molecular flexibility index (Phi) is 6.43. The van der Waals surface area contributed by atoms with Crippen molar-refractivity contribution in [3.63, 3.8) is 0 Å². The van der Waals surface area contributed by atoms with Gasteiger partial charge in [0, 0.05) is 11.6 Å². The maximum Gasteiger partial charge on any atom is 0.270 e. The average molecular weight is 355 g/mol. The van der Waals surface area contributed by atoms with Gasteiger partial charge in [0.15, 0.2) is 5.16 Å². The molecule has 1 heterocycles. The van der Waals surface area contributed by atoms with E-state index < -0.39 is 5.56 Å². The van der Waals surface area contributed by atoms with E-state index in [0.29, 0.717) is 28.8 Å². The number of hydrogen-bond acceptors (Lipinski definition) is 6. The number of rotatable bonds is 8. The lowest BCUT2D eigenvalue weighted by molar-refractivity contribution is 0.346.